The number of hydrogen-bond donors (Lipinski definition) is 2. The van der Waals surface area contributed by atoms with Gasteiger partial charge in [0.15, 0.2) is 6.61 Å². The lowest BCUT2D eigenvalue weighted by Crippen LogP contribution is -2.44. The Kier molecular flexibility index (Phi) is 5.91. The first kappa shape index (κ1) is 22.2. The molecule has 0 unspecified atom stereocenters. The van der Waals surface area contributed by atoms with Crippen molar-refractivity contribution in [1.82, 2.24) is 4.31 Å². The largest absolute Gasteiger partial charge is 0.482 e. The van der Waals surface area contributed by atoms with Crippen LogP contribution in [0, 0.1) is 25.6 Å². The van der Waals surface area contributed by atoms with Crippen molar-refractivity contribution in [2.24, 2.45) is 5.92 Å². The van der Waals surface area contributed by atoms with Crippen LogP contribution in [0.15, 0.2) is 35.2 Å². The zero-order chi connectivity index (χ0) is 23.0. The summed E-state index contributed by atoms with van der Waals surface area (Å²) >= 11 is 0. The molecule has 0 bridgehead atoms. The number of amides is 2. The van der Waals surface area contributed by atoms with Crippen LogP contribution in [0.25, 0.3) is 0 Å². The minimum absolute atomic E-state index is 0.0442. The molecule has 1 fully saturated rings. The molecule has 4 rings (SSSR count). The lowest BCUT2D eigenvalue weighted by Gasteiger charge is -2.32. The normalized spacial score (nSPS) is 19.0. The molecule has 2 N–H and O–H groups in total. The van der Waals surface area contributed by atoms with E-state index in [0.29, 0.717) is 47.6 Å². The molecule has 0 radical (unpaired) electrons. The lowest BCUT2D eigenvalue weighted by molar-refractivity contribution is -0.121. The number of sulfonamides is 1. The number of benzene rings is 2. The molecule has 2 aromatic rings. The summed E-state index contributed by atoms with van der Waals surface area (Å²) in [4.78, 5) is 24.4. The standard InChI is InChI=1S/C22H24FN3O5S/c1-13-8-16(23)5-6-17(13)25-22(28)15-4-3-7-26(11-15)32(29,30)20-10-19-18(9-14(20)2)24-21(27)12-31-19/h5-6,8-10,15H,3-4,7,11-12H2,1-2H3,(H,24,27)(H,25,28)/t15-/m0/s1. The van der Waals surface area contributed by atoms with E-state index in [2.05, 4.69) is 10.6 Å². The monoisotopic (exact) mass is 461 g/mol. The number of carbonyl (C=O) groups excluding carboxylic acids is 2. The van der Waals surface area contributed by atoms with Crippen LogP contribution < -0.4 is 15.4 Å². The van der Waals surface area contributed by atoms with Crippen LogP contribution in [0.1, 0.15) is 24.0 Å². The molecular formula is C22H24FN3O5S. The average molecular weight is 462 g/mol. The Morgan fingerprint density at radius 3 is 2.75 bits per heavy atom. The van der Waals surface area contributed by atoms with Crippen molar-refractivity contribution in [1.29, 1.82) is 0 Å². The van der Waals surface area contributed by atoms with Crippen molar-refractivity contribution in [2.75, 3.05) is 30.3 Å². The van der Waals surface area contributed by atoms with Crippen molar-refractivity contribution < 1.29 is 27.1 Å². The second kappa shape index (κ2) is 8.51. The van der Waals surface area contributed by atoms with Crippen LogP contribution >= 0.6 is 0 Å². The van der Waals surface area contributed by atoms with Gasteiger partial charge in [-0.1, -0.05) is 0 Å². The number of rotatable bonds is 4. The fraction of sp³-hybridized carbons (Fsp3) is 0.364. The molecule has 8 nitrogen and oxygen atoms in total. The van der Waals surface area contributed by atoms with Gasteiger partial charge in [0.2, 0.25) is 15.9 Å². The second-order valence-corrected chi connectivity index (χ2v) is 10.0. The Morgan fingerprint density at radius 1 is 1.22 bits per heavy atom. The molecule has 2 aliphatic rings. The van der Waals surface area contributed by atoms with Gasteiger partial charge in [-0.05, 0) is 62.1 Å². The average Bonchev–Trinajstić information content (AvgIpc) is 2.75. The van der Waals surface area contributed by atoms with E-state index in [0.717, 1.165) is 0 Å². The summed E-state index contributed by atoms with van der Waals surface area (Å²) in [7, 11) is -3.88. The zero-order valence-electron chi connectivity index (χ0n) is 17.8. The van der Waals surface area contributed by atoms with E-state index < -0.39 is 15.9 Å². The number of nitrogens with one attached hydrogen (secondary N) is 2. The van der Waals surface area contributed by atoms with E-state index in [1.54, 1.807) is 19.9 Å². The predicted molar refractivity (Wildman–Crippen MR) is 117 cm³/mol. The first-order valence-corrected chi connectivity index (χ1v) is 11.7. The first-order chi connectivity index (χ1) is 15.1. The Balaban J connectivity index is 1.53. The Labute approximate surface area is 185 Å². The van der Waals surface area contributed by atoms with Crippen molar-refractivity contribution >= 4 is 33.2 Å². The number of piperidine rings is 1. The molecule has 1 atom stereocenters. The number of hydrogen-bond acceptors (Lipinski definition) is 5. The number of carbonyl (C=O) groups is 2. The van der Waals surface area contributed by atoms with Gasteiger partial charge in [0, 0.05) is 24.8 Å². The molecule has 10 heteroatoms. The molecule has 0 saturated carbocycles. The van der Waals surface area contributed by atoms with Crippen LogP contribution in [-0.4, -0.2) is 44.2 Å². The van der Waals surface area contributed by atoms with Gasteiger partial charge in [-0.25, -0.2) is 12.8 Å². The second-order valence-electron chi connectivity index (χ2n) is 8.10. The van der Waals surface area contributed by atoms with Crippen molar-refractivity contribution in [3.8, 4) is 5.75 Å². The van der Waals surface area contributed by atoms with Gasteiger partial charge in [-0.2, -0.15) is 4.31 Å². The van der Waals surface area contributed by atoms with E-state index in [4.69, 9.17) is 4.74 Å². The Bertz CT molecular complexity index is 1200. The van der Waals surface area contributed by atoms with E-state index in [1.165, 1.54) is 28.6 Å². The smallest absolute Gasteiger partial charge is 0.262 e. The van der Waals surface area contributed by atoms with Crippen LogP contribution in [0.3, 0.4) is 0 Å². The molecular weight excluding hydrogens is 437 g/mol. The molecule has 0 aromatic heterocycles. The highest BCUT2D eigenvalue weighted by atomic mass is 32.2. The minimum Gasteiger partial charge on any atom is -0.482 e. The molecule has 32 heavy (non-hydrogen) atoms. The summed E-state index contributed by atoms with van der Waals surface area (Å²) in [6.45, 7) is 3.52. The topological polar surface area (TPSA) is 105 Å². The van der Waals surface area contributed by atoms with E-state index >= 15 is 0 Å². The van der Waals surface area contributed by atoms with Crippen molar-refractivity contribution in [2.45, 2.75) is 31.6 Å². The van der Waals surface area contributed by atoms with Gasteiger partial charge in [-0.15, -0.1) is 0 Å². The van der Waals surface area contributed by atoms with Crippen molar-refractivity contribution in [3.63, 3.8) is 0 Å². The third-order valence-electron chi connectivity index (χ3n) is 5.73. The molecule has 0 spiro atoms. The maximum Gasteiger partial charge on any atom is 0.262 e. The summed E-state index contributed by atoms with van der Waals surface area (Å²) in [5.41, 5.74) is 2.00. The Hall–Kier alpha value is -2.98. The van der Waals surface area contributed by atoms with Crippen LogP contribution in [0.4, 0.5) is 15.8 Å². The predicted octanol–water partition coefficient (Wildman–Crippen LogP) is 2.81. The summed E-state index contributed by atoms with van der Waals surface area (Å²) in [5.74, 6) is -1.22. The Morgan fingerprint density at radius 2 is 2.00 bits per heavy atom. The maximum atomic E-state index is 13.4. The number of aryl methyl sites for hydroxylation is 2. The van der Waals surface area contributed by atoms with Gasteiger partial charge < -0.3 is 15.4 Å². The summed E-state index contributed by atoms with van der Waals surface area (Å²) in [6.07, 6.45) is 1.09. The number of fused-ring (bicyclic) bond motifs is 1. The minimum atomic E-state index is -3.88. The first-order valence-electron chi connectivity index (χ1n) is 10.3. The lowest BCUT2D eigenvalue weighted by atomic mass is 9.98. The van der Waals surface area contributed by atoms with Crippen LogP contribution in [-0.2, 0) is 19.6 Å². The van der Waals surface area contributed by atoms with E-state index in [1.807, 2.05) is 0 Å². The molecule has 170 valence electrons. The van der Waals surface area contributed by atoms with E-state index in [-0.39, 0.29) is 35.7 Å². The van der Waals surface area contributed by atoms with Crippen LogP contribution in [0.2, 0.25) is 0 Å². The highest BCUT2D eigenvalue weighted by Gasteiger charge is 2.35. The maximum absolute atomic E-state index is 13.4. The third-order valence-corrected chi connectivity index (χ3v) is 7.74. The van der Waals surface area contributed by atoms with Gasteiger partial charge >= 0.3 is 0 Å². The fourth-order valence-electron chi connectivity index (χ4n) is 4.01. The SMILES string of the molecule is Cc1cc(F)ccc1NC(=O)[C@H]1CCCN(S(=O)(=O)c2cc3c(cc2C)NC(=O)CO3)C1. The van der Waals surface area contributed by atoms with E-state index in [9.17, 15) is 22.4 Å². The molecule has 2 aromatic carbocycles. The summed E-state index contributed by atoms with van der Waals surface area (Å²) < 4.78 is 46.8. The number of ether oxygens (including phenoxy) is 1. The fourth-order valence-corrected chi connectivity index (χ4v) is 5.76. The summed E-state index contributed by atoms with van der Waals surface area (Å²) in [5, 5.41) is 5.45. The molecule has 2 amide bonds. The molecule has 1 saturated heterocycles. The van der Waals surface area contributed by atoms with Crippen LogP contribution in [0.5, 0.6) is 5.75 Å². The van der Waals surface area contributed by atoms with Gasteiger partial charge in [0.25, 0.3) is 5.91 Å². The number of halogens is 1. The third kappa shape index (κ3) is 4.33. The molecule has 2 aliphatic heterocycles. The van der Waals surface area contributed by atoms with Gasteiger partial charge in [-0.3, -0.25) is 9.59 Å². The molecule has 2 heterocycles. The number of anilines is 2. The zero-order valence-corrected chi connectivity index (χ0v) is 18.6. The quantitative estimate of drug-likeness (QED) is 0.729. The summed E-state index contributed by atoms with van der Waals surface area (Å²) in [6, 6.07) is 7.09. The van der Waals surface area contributed by atoms with Crippen molar-refractivity contribution in [3.05, 3.63) is 47.3 Å². The van der Waals surface area contributed by atoms with Gasteiger partial charge in [0.05, 0.1) is 16.5 Å². The highest BCUT2D eigenvalue weighted by molar-refractivity contribution is 7.89. The highest BCUT2D eigenvalue weighted by Crippen LogP contribution is 2.35. The van der Waals surface area contributed by atoms with Gasteiger partial charge in [0.1, 0.15) is 11.6 Å². The number of nitrogens with zero attached hydrogens (tertiary/aromatic N) is 1. The molecule has 0 aliphatic carbocycles.